The van der Waals surface area contributed by atoms with Crippen molar-refractivity contribution in [1.29, 1.82) is 0 Å². The first-order valence-corrected chi connectivity index (χ1v) is 12.0. The van der Waals surface area contributed by atoms with E-state index in [2.05, 4.69) is 4.99 Å². The molecule has 1 fully saturated rings. The predicted octanol–water partition coefficient (Wildman–Crippen LogP) is 2.98. The molecule has 142 valence electrons. The van der Waals surface area contributed by atoms with Gasteiger partial charge < -0.3 is 10.0 Å². The molecule has 1 heterocycles. The quantitative estimate of drug-likeness (QED) is 0.823. The van der Waals surface area contributed by atoms with Gasteiger partial charge in [-0.15, -0.1) is 0 Å². The number of aliphatic hydroxyl groups is 1. The Hall–Kier alpha value is -1.48. The third kappa shape index (κ3) is 2.99. The summed E-state index contributed by atoms with van der Waals surface area (Å²) in [7, 11) is 0.0481. The minimum Gasteiger partial charge on any atom is -0.366 e. The standard InChI is InChI=1S/C19H20N2O3S3/c1-20-18-21(2)19(22)14-11-16(27(3,23)24)15(9-12(14)10-17(19)26-18)25-13-7-5-4-6-8-13/h4-9,11,17,22H,10H2,1-3H3. The molecule has 1 aliphatic heterocycles. The van der Waals surface area contributed by atoms with Crippen LogP contribution in [0.4, 0.5) is 0 Å². The summed E-state index contributed by atoms with van der Waals surface area (Å²) in [6.07, 6.45) is 1.89. The molecule has 0 aromatic heterocycles. The summed E-state index contributed by atoms with van der Waals surface area (Å²) in [6, 6.07) is 13.3. The van der Waals surface area contributed by atoms with Gasteiger partial charge in [-0.2, -0.15) is 0 Å². The summed E-state index contributed by atoms with van der Waals surface area (Å²) in [5.74, 6) is 0. The molecule has 8 heteroatoms. The topological polar surface area (TPSA) is 70.0 Å². The molecule has 2 atom stereocenters. The lowest BCUT2D eigenvalue weighted by atomic mass is 10.0. The fraction of sp³-hybridized carbons (Fsp3) is 0.316. The maximum absolute atomic E-state index is 12.5. The second-order valence-corrected chi connectivity index (χ2v) is 11.0. The zero-order chi connectivity index (χ0) is 19.4. The van der Waals surface area contributed by atoms with Crippen LogP contribution in [-0.4, -0.2) is 49.2 Å². The highest BCUT2D eigenvalue weighted by Crippen LogP contribution is 2.53. The molecule has 0 radical (unpaired) electrons. The first-order valence-electron chi connectivity index (χ1n) is 8.45. The van der Waals surface area contributed by atoms with Crippen LogP contribution in [0.3, 0.4) is 0 Å². The Morgan fingerprint density at radius 2 is 2.00 bits per heavy atom. The van der Waals surface area contributed by atoms with Gasteiger partial charge in [-0.1, -0.05) is 41.7 Å². The van der Waals surface area contributed by atoms with Crippen molar-refractivity contribution >= 4 is 38.5 Å². The van der Waals surface area contributed by atoms with Crippen molar-refractivity contribution in [2.24, 2.45) is 4.99 Å². The number of sulfone groups is 1. The van der Waals surface area contributed by atoms with Crippen molar-refractivity contribution in [2.75, 3.05) is 20.4 Å². The monoisotopic (exact) mass is 420 g/mol. The van der Waals surface area contributed by atoms with E-state index in [4.69, 9.17) is 0 Å². The molecule has 0 amide bonds. The lowest BCUT2D eigenvalue weighted by Gasteiger charge is -2.32. The molecular weight excluding hydrogens is 400 g/mol. The average Bonchev–Trinajstić information content (AvgIpc) is 3.03. The Balaban J connectivity index is 1.86. The van der Waals surface area contributed by atoms with Crippen LogP contribution in [0.15, 0.2) is 62.1 Å². The van der Waals surface area contributed by atoms with Crippen molar-refractivity contribution in [1.82, 2.24) is 4.90 Å². The number of hydrogen-bond acceptors (Lipinski definition) is 6. The van der Waals surface area contributed by atoms with Crippen molar-refractivity contribution < 1.29 is 13.5 Å². The molecule has 0 bridgehead atoms. The van der Waals surface area contributed by atoms with E-state index in [9.17, 15) is 13.5 Å². The van der Waals surface area contributed by atoms with Crippen molar-refractivity contribution in [3.05, 3.63) is 53.6 Å². The molecule has 5 nitrogen and oxygen atoms in total. The molecule has 2 aromatic carbocycles. The number of nitrogens with zero attached hydrogens (tertiary/aromatic N) is 2. The fourth-order valence-corrected chi connectivity index (χ4v) is 7.30. The van der Waals surface area contributed by atoms with E-state index in [1.165, 1.54) is 29.8 Å². The van der Waals surface area contributed by atoms with Crippen LogP contribution < -0.4 is 0 Å². The van der Waals surface area contributed by atoms with Gasteiger partial charge in [-0.05, 0) is 36.2 Å². The number of thioether (sulfide) groups is 1. The van der Waals surface area contributed by atoms with Gasteiger partial charge >= 0.3 is 0 Å². The van der Waals surface area contributed by atoms with E-state index in [1.807, 2.05) is 36.4 Å². The Morgan fingerprint density at radius 1 is 1.30 bits per heavy atom. The van der Waals surface area contributed by atoms with E-state index in [-0.39, 0.29) is 10.1 Å². The highest BCUT2D eigenvalue weighted by molar-refractivity contribution is 8.14. The average molecular weight is 421 g/mol. The van der Waals surface area contributed by atoms with Crippen LogP contribution in [0.2, 0.25) is 0 Å². The summed E-state index contributed by atoms with van der Waals surface area (Å²) in [5, 5.41) is 12.1. The highest BCUT2D eigenvalue weighted by Gasteiger charge is 2.56. The maximum Gasteiger partial charge on any atom is 0.178 e. The number of aliphatic imine (C=N–C) groups is 1. The molecule has 1 aliphatic carbocycles. The first-order chi connectivity index (χ1) is 12.7. The Labute approximate surface area is 167 Å². The third-order valence-corrected chi connectivity index (χ3v) is 8.81. The summed E-state index contributed by atoms with van der Waals surface area (Å²) >= 11 is 2.97. The van der Waals surface area contributed by atoms with Crippen LogP contribution in [0.1, 0.15) is 11.1 Å². The lowest BCUT2D eigenvalue weighted by molar-refractivity contribution is -0.0498. The van der Waals surface area contributed by atoms with Gasteiger partial charge in [-0.3, -0.25) is 4.99 Å². The maximum atomic E-state index is 12.5. The van der Waals surface area contributed by atoms with Gasteiger partial charge in [0.2, 0.25) is 0 Å². The Kier molecular flexibility index (Phi) is 4.57. The predicted molar refractivity (Wildman–Crippen MR) is 110 cm³/mol. The van der Waals surface area contributed by atoms with Crippen molar-refractivity contribution in [2.45, 2.75) is 32.1 Å². The lowest BCUT2D eigenvalue weighted by Crippen LogP contribution is -2.44. The van der Waals surface area contributed by atoms with E-state index < -0.39 is 15.6 Å². The number of hydrogen-bond donors (Lipinski definition) is 1. The Morgan fingerprint density at radius 3 is 2.63 bits per heavy atom. The molecule has 2 aliphatic rings. The van der Waals surface area contributed by atoms with Crippen LogP contribution in [0, 0.1) is 0 Å². The molecule has 1 saturated heterocycles. The van der Waals surface area contributed by atoms with E-state index in [0.717, 1.165) is 15.6 Å². The summed E-state index contributed by atoms with van der Waals surface area (Å²) in [4.78, 5) is 7.92. The van der Waals surface area contributed by atoms with Gasteiger partial charge in [0.15, 0.2) is 20.7 Å². The van der Waals surface area contributed by atoms with E-state index in [0.29, 0.717) is 16.9 Å². The largest absolute Gasteiger partial charge is 0.366 e. The molecule has 0 spiro atoms. The molecule has 1 N–H and O–H groups in total. The number of rotatable bonds is 3. The molecule has 0 saturated carbocycles. The van der Waals surface area contributed by atoms with Crippen LogP contribution >= 0.6 is 23.5 Å². The van der Waals surface area contributed by atoms with Gasteiger partial charge in [0.25, 0.3) is 0 Å². The summed E-state index contributed by atoms with van der Waals surface area (Å²) < 4.78 is 25.0. The smallest absolute Gasteiger partial charge is 0.178 e. The van der Waals surface area contributed by atoms with Gasteiger partial charge in [0.1, 0.15) is 0 Å². The third-order valence-electron chi connectivity index (χ3n) is 5.03. The number of benzene rings is 2. The van der Waals surface area contributed by atoms with Crippen LogP contribution in [0.5, 0.6) is 0 Å². The molecule has 27 heavy (non-hydrogen) atoms. The van der Waals surface area contributed by atoms with Crippen LogP contribution in [0.25, 0.3) is 0 Å². The van der Waals surface area contributed by atoms with Gasteiger partial charge in [0.05, 0.1) is 10.1 Å². The van der Waals surface area contributed by atoms with E-state index >= 15 is 0 Å². The van der Waals surface area contributed by atoms with Gasteiger partial charge in [0, 0.05) is 35.7 Å². The normalized spacial score (nSPS) is 25.7. The van der Waals surface area contributed by atoms with Gasteiger partial charge in [-0.25, -0.2) is 8.42 Å². The number of amidine groups is 1. The minimum atomic E-state index is -3.45. The van der Waals surface area contributed by atoms with Crippen molar-refractivity contribution in [3.63, 3.8) is 0 Å². The molecule has 2 unspecified atom stereocenters. The zero-order valence-electron chi connectivity index (χ0n) is 15.2. The SMILES string of the molecule is CN=C1SC2Cc3cc(Sc4ccccc4)c(S(C)(=O)=O)cc3C2(O)N1C. The molecular formula is C19H20N2O3S3. The van der Waals surface area contributed by atoms with Crippen molar-refractivity contribution in [3.8, 4) is 0 Å². The summed E-state index contributed by atoms with van der Waals surface area (Å²) in [6.45, 7) is 0. The zero-order valence-corrected chi connectivity index (χ0v) is 17.7. The number of fused-ring (bicyclic) bond motifs is 3. The Bertz CT molecular complexity index is 1040. The second-order valence-electron chi connectivity index (χ2n) is 6.75. The highest BCUT2D eigenvalue weighted by atomic mass is 32.2. The minimum absolute atomic E-state index is 0.0967. The summed E-state index contributed by atoms with van der Waals surface area (Å²) in [5.41, 5.74) is 0.423. The first kappa shape index (κ1) is 18.9. The molecule has 2 aromatic rings. The van der Waals surface area contributed by atoms with E-state index in [1.54, 1.807) is 25.1 Å². The molecule has 4 rings (SSSR count). The fourth-order valence-electron chi connectivity index (χ4n) is 3.69. The van der Waals surface area contributed by atoms with Crippen LogP contribution in [-0.2, 0) is 22.0 Å². The second kappa shape index (κ2) is 6.55.